The van der Waals surface area contributed by atoms with Gasteiger partial charge in [0.05, 0.1) is 4.90 Å². The number of nitrogens with one attached hydrogen (secondary N) is 3. The van der Waals surface area contributed by atoms with Crippen LogP contribution in [-0.2, 0) is 14.8 Å². The van der Waals surface area contributed by atoms with Crippen molar-refractivity contribution in [1.29, 1.82) is 0 Å². The molecule has 7 nitrogen and oxygen atoms in total. The largest absolute Gasteiger partial charge is 0.326 e. The normalized spacial score (nSPS) is 13.3. The highest BCUT2D eigenvalue weighted by atomic mass is 32.2. The summed E-state index contributed by atoms with van der Waals surface area (Å²) >= 11 is 0. The van der Waals surface area contributed by atoms with Crippen LogP contribution < -0.4 is 15.4 Å². The van der Waals surface area contributed by atoms with Gasteiger partial charge < -0.3 is 10.6 Å². The minimum atomic E-state index is -3.98. The summed E-state index contributed by atoms with van der Waals surface area (Å²) < 4.78 is 40.7. The van der Waals surface area contributed by atoms with E-state index in [2.05, 4.69) is 15.4 Å². The summed E-state index contributed by atoms with van der Waals surface area (Å²) in [5.41, 5.74) is 1.37. The maximum Gasteiger partial charge on any atom is 0.261 e. The van der Waals surface area contributed by atoms with E-state index in [-0.39, 0.29) is 28.0 Å². The predicted octanol–water partition coefficient (Wildman–Crippen LogP) is 4.23. The minimum Gasteiger partial charge on any atom is -0.326 e. The Morgan fingerprint density at radius 3 is 2.16 bits per heavy atom. The van der Waals surface area contributed by atoms with Crippen molar-refractivity contribution >= 4 is 38.9 Å². The van der Waals surface area contributed by atoms with E-state index in [1.165, 1.54) is 36.4 Å². The average Bonchev–Trinajstić information content (AvgIpc) is 3.61. The third-order valence-electron chi connectivity index (χ3n) is 4.84. The van der Waals surface area contributed by atoms with Crippen molar-refractivity contribution in [3.8, 4) is 0 Å². The van der Waals surface area contributed by atoms with Gasteiger partial charge in [0.15, 0.2) is 0 Å². The van der Waals surface area contributed by atoms with Crippen molar-refractivity contribution in [2.75, 3.05) is 15.4 Å². The van der Waals surface area contributed by atoms with Crippen molar-refractivity contribution in [2.24, 2.45) is 5.92 Å². The highest BCUT2D eigenvalue weighted by Crippen LogP contribution is 2.30. The number of halogens is 1. The number of carbonyl (C=O) groups is 2. The van der Waals surface area contributed by atoms with Crippen LogP contribution in [0.4, 0.5) is 21.5 Å². The molecule has 0 heterocycles. The molecular formula is C23H20FN3O4S. The monoisotopic (exact) mass is 453 g/mol. The molecule has 0 atom stereocenters. The van der Waals surface area contributed by atoms with Crippen LogP contribution in [0.1, 0.15) is 23.2 Å². The summed E-state index contributed by atoms with van der Waals surface area (Å²) in [4.78, 5) is 24.5. The number of sulfonamides is 1. The first-order valence-corrected chi connectivity index (χ1v) is 11.4. The van der Waals surface area contributed by atoms with Gasteiger partial charge in [-0.2, -0.15) is 0 Å². The Kier molecular flexibility index (Phi) is 5.91. The molecule has 164 valence electrons. The van der Waals surface area contributed by atoms with Gasteiger partial charge in [0.2, 0.25) is 5.91 Å². The zero-order valence-electron chi connectivity index (χ0n) is 16.8. The molecule has 0 aromatic heterocycles. The predicted molar refractivity (Wildman–Crippen MR) is 119 cm³/mol. The molecule has 0 radical (unpaired) electrons. The Bertz CT molecular complexity index is 1270. The summed E-state index contributed by atoms with van der Waals surface area (Å²) in [7, 11) is -3.98. The van der Waals surface area contributed by atoms with Crippen molar-refractivity contribution in [3.63, 3.8) is 0 Å². The molecule has 1 aliphatic carbocycles. The van der Waals surface area contributed by atoms with Gasteiger partial charge in [0.1, 0.15) is 5.82 Å². The fraction of sp³-hybridized carbons (Fsp3) is 0.130. The topological polar surface area (TPSA) is 104 Å². The first-order chi connectivity index (χ1) is 15.3. The van der Waals surface area contributed by atoms with Crippen LogP contribution >= 0.6 is 0 Å². The van der Waals surface area contributed by atoms with E-state index in [0.29, 0.717) is 11.4 Å². The van der Waals surface area contributed by atoms with Gasteiger partial charge in [-0.1, -0.05) is 12.1 Å². The van der Waals surface area contributed by atoms with Gasteiger partial charge >= 0.3 is 0 Å². The van der Waals surface area contributed by atoms with Gasteiger partial charge in [-0.3, -0.25) is 14.3 Å². The Morgan fingerprint density at radius 2 is 1.47 bits per heavy atom. The molecule has 3 aromatic rings. The summed E-state index contributed by atoms with van der Waals surface area (Å²) in [5.74, 6) is -0.973. The molecule has 1 aliphatic rings. The maximum absolute atomic E-state index is 13.0. The molecule has 0 unspecified atom stereocenters. The minimum absolute atomic E-state index is 0.0416. The second-order valence-corrected chi connectivity index (χ2v) is 9.12. The van der Waals surface area contributed by atoms with E-state index < -0.39 is 21.7 Å². The molecule has 2 amide bonds. The fourth-order valence-electron chi connectivity index (χ4n) is 3.00. The lowest BCUT2D eigenvalue weighted by Crippen LogP contribution is -2.16. The van der Waals surface area contributed by atoms with Gasteiger partial charge in [-0.05, 0) is 73.5 Å². The zero-order chi connectivity index (χ0) is 22.7. The molecule has 0 spiro atoms. The number of anilines is 3. The standard InChI is InChI=1S/C23H20FN3O4S/c24-17-9-11-18(12-10-17)27-32(30,31)21-6-1-3-16(13-21)23(29)26-20-5-2-4-19(14-20)25-22(28)15-7-8-15/h1-6,9-15,27H,7-8H2,(H,25,28)(H,26,29). The van der Waals surface area contributed by atoms with E-state index in [0.717, 1.165) is 25.0 Å². The van der Waals surface area contributed by atoms with Gasteiger partial charge in [0, 0.05) is 28.5 Å². The third-order valence-corrected chi connectivity index (χ3v) is 6.22. The quantitative estimate of drug-likeness (QED) is 0.498. The summed E-state index contributed by atoms with van der Waals surface area (Å²) in [6.07, 6.45) is 1.77. The van der Waals surface area contributed by atoms with Crippen molar-refractivity contribution in [2.45, 2.75) is 17.7 Å². The van der Waals surface area contributed by atoms with Crippen molar-refractivity contribution < 1.29 is 22.4 Å². The van der Waals surface area contributed by atoms with Crippen LogP contribution in [0.3, 0.4) is 0 Å². The van der Waals surface area contributed by atoms with E-state index in [1.807, 2.05) is 0 Å². The number of hydrogen-bond acceptors (Lipinski definition) is 4. The second kappa shape index (κ2) is 8.80. The number of benzene rings is 3. The molecule has 1 fully saturated rings. The summed E-state index contributed by atoms with van der Waals surface area (Å²) in [6.45, 7) is 0. The van der Waals surface area contributed by atoms with Crippen LogP contribution in [0.15, 0.2) is 77.7 Å². The van der Waals surface area contributed by atoms with E-state index >= 15 is 0 Å². The fourth-order valence-corrected chi connectivity index (χ4v) is 4.11. The summed E-state index contributed by atoms with van der Waals surface area (Å²) in [5, 5.41) is 5.52. The molecule has 0 aliphatic heterocycles. The number of rotatable bonds is 7. The van der Waals surface area contributed by atoms with Crippen LogP contribution in [0.5, 0.6) is 0 Å². The van der Waals surface area contributed by atoms with Crippen molar-refractivity contribution in [1.82, 2.24) is 0 Å². The Labute approximate surface area is 184 Å². The molecule has 3 N–H and O–H groups in total. The molecule has 4 rings (SSSR count). The van der Waals surface area contributed by atoms with E-state index in [9.17, 15) is 22.4 Å². The van der Waals surface area contributed by atoms with E-state index in [1.54, 1.807) is 24.3 Å². The van der Waals surface area contributed by atoms with Crippen LogP contribution in [0.25, 0.3) is 0 Å². The smallest absolute Gasteiger partial charge is 0.261 e. The lowest BCUT2D eigenvalue weighted by molar-refractivity contribution is -0.117. The van der Waals surface area contributed by atoms with Crippen LogP contribution in [0.2, 0.25) is 0 Å². The molecular weight excluding hydrogens is 433 g/mol. The van der Waals surface area contributed by atoms with Gasteiger partial charge in [-0.25, -0.2) is 12.8 Å². The molecule has 9 heteroatoms. The van der Waals surface area contributed by atoms with Gasteiger partial charge in [-0.15, -0.1) is 0 Å². The Balaban J connectivity index is 1.47. The molecule has 32 heavy (non-hydrogen) atoms. The highest BCUT2D eigenvalue weighted by Gasteiger charge is 2.29. The van der Waals surface area contributed by atoms with E-state index in [4.69, 9.17) is 0 Å². The average molecular weight is 453 g/mol. The molecule has 1 saturated carbocycles. The SMILES string of the molecule is O=C(Nc1cccc(NC(=O)C2CC2)c1)c1cccc(S(=O)(=O)Nc2ccc(F)cc2)c1. The first-order valence-electron chi connectivity index (χ1n) is 9.91. The molecule has 3 aromatic carbocycles. The van der Waals surface area contributed by atoms with Crippen LogP contribution in [0, 0.1) is 11.7 Å². The first kappa shape index (κ1) is 21.5. The Morgan fingerprint density at radius 1 is 0.812 bits per heavy atom. The lowest BCUT2D eigenvalue weighted by Gasteiger charge is -2.11. The summed E-state index contributed by atoms with van der Waals surface area (Å²) in [6, 6.07) is 17.2. The Hall–Kier alpha value is -3.72. The third kappa shape index (κ3) is 5.30. The number of amides is 2. The number of hydrogen-bond donors (Lipinski definition) is 3. The maximum atomic E-state index is 13.0. The van der Waals surface area contributed by atoms with Gasteiger partial charge in [0.25, 0.3) is 15.9 Å². The molecule has 0 bridgehead atoms. The zero-order valence-corrected chi connectivity index (χ0v) is 17.7. The lowest BCUT2D eigenvalue weighted by atomic mass is 10.2. The molecule has 0 saturated heterocycles. The highest BCUT2D eigenvalue weighted by molar-refractivity contribution is 7.92. The number of carbonyl (C=O) groups excluding carboxylic acids is 2. The van der Waals surface area contributed by atoms with Crippen molar-refractivity contribution in [3.05, 3.63) is 84.2 Å². The van der Waals surface area contributed by atoms with Crippen LogP contribution in [-0.4, -0.2) is 20.2 Å². The second-order valence-electron chi connectivity index (χ2n) is 7.44.